The lowest BCUT2D eigenvalue weighted by Gasteiger charge is -2.12. The minimum atomic E-state index is -0.387. The van der Waals surface area contributed by atoms with E-state index in [0.717, 1.165) is 11.4 Å². The molecule has 0 saturated carbocycles. The van der Waals surface area contributed by atoms with Gasteiger partial charge in [-0.1, -0.05) is 18.2 Å². The highest BCUT2D eigenvalue weighted by Gasteiger charge is 2.10. The lowest BCUT2D eigenvalue weighted by atomic mass is 10.2. The zero-order chi connectivity index (χ0) is 17.6. The molecule has 3 rings (SSSR count). The summed E-state index contributed by atoms with van der Waals surface area (Å²) in [7, 11) is 1.34. The standard InChI is InChI=1S/C18H17N5O2/c1-25-18(24)12-7-9-14(10-8-12)23-17-15(19)16(20-11-21-17)22-13-5-3-2-4-6-13/h2-11H,19H2,1H3,(H2,20,21,22,23). The van der Waals surface area contributed by atoms with Crippen molar-refractivity contribution in [2.24, 2.45) is 0 Å². The number of hydrogen-bond acceptors (Lipinski definition) is 7. The van der Waals surface area contributed by atoms with Gasteiger partial charge in [0.15, 0.2) is 11.6 Å². The van der Waals surface area contributed by atoms with Crippen LogP contribution in [0, 0.1) is 0 Å². The van der Waals surface area contributed by atoms with E-state index in [4.69, 9.17) is 5.73 Å². The number of esters is 1. The van der Waals surface area contributed by atoms with Gasteiger partial charge in [-0.25, -0.2) is 14.8 Å². The lowest BCUT2D eigenvalue weighted by Crippen LogP contribution is -2.05. The Morgan fingerprint density at radius 1 is 0.920 bits per heavy atom. The van der Waals surface area contributed by atoms with Gasteiger partial charge in [0.05, 0.1) is 12.7 Å². The van der Waals surface area contributed by atoms with Gasteiger partial charge < -0.3 is 21.1 Å². The average Bonchev–Trinajstić information content (AvgIpc) is 2.66. The van der Waals surface area contributed by atoms with Crippen molar-refractivity contribution in [2.45, 2.75) is 0 Å². The number of nitrogens with zero attached hydrogens (tertiary/aromatic N) is 2. The summed E-state index contributed by atoms with van der Waals surface area (Å²) in [6.07, 6.45) is 1.42. The number of anilines is 5. The molecule has 7 heteroatoms. The molecule has 4 N–H and O–H groups in total. The SMILES string of the molecule is COC(=O)c1ccc(Nc2ncnc(Nc3ccccc3)c2N)cc1. The number of benzene rings is 2. The number of nitrogens with two attached hydrogens (primary N) is 1. The molecule has 3 aromatic rings. The second-order valence-electron chi connectivity index (χ2n) is 5.17. The van der Waals surface area contributed by atoms with E-state index in [9.17, 15) is 4.79 Å². The monoisotopic (exact) mass is 335 g/mol. The molecule has 0 atom stereocenters. The Bertz CT molecular complexity index is 866. The average molecular weight is 335 g/mol. The highest BCUT2D eigenvalue weighted by molar-refractivity contribution is 5.90. The molecule has 1 heterocycles. The molecule has 0 fully saturated rings. The fraction of sp³-hybridized carbons (Fsp3) is 0.0556. The predicted molar refractivity (Wildman–Crippen MR) is 97.2 cm³/mol. The van der Waals surface area contributed by atoms with Crippen LogP contribution in [0.3, 0.4) is 0 Å². The van der Waals surface area contributed by atoms with Crippen molar-refractivity contribution < 1.29 is 9.53 Å². The van der Waals surface area contributed by atoms with Crippen LogP contribution in [0.25, 0.3) is 0 Å². The second-order valence-corrected chi connectivity index (χ2v) is 5.17. The van der Waals surface area contributed by atoms with Crippen molar-refractivity contribution >= 4 is 34.7 Å². The van der Waals surface area contributed by atoms with Crippen molar-refractivity contribution in [1.82, 2.24) is 9.97 Å². The Labute approximate surface area is 144 Å². The first-order valence-corrected chi connectivity index (χ1v) is 7.55. The Hall–Kier alpha value is -3.61. The maximum absolute atomic E-state index is 11.5. The number of nitrogen functional groups attached to an aromatic ring is 1. The maximum atomic E-state index is 11.5. The summed E-state index contributed by atoms with van der Waals surface area (Å²) in [5.74, 6) is 0.594. The van der Waals surface area contributed by atoms with Crippen LogP contribution >= 0.6 is 0 Å². The number of ether oxygens (including phenoxy) is 1. The van der Waals surface area contributed by atoms with Gasteiger partial charge in [0.25, 0.3) is 0 Å². The quantitative estimate of drug-likeness (QED) is 0.615. The van der Waals surface area contributed by atoms with Crippen LogP contribution in [0.2, 0.25) is 0 Å². The Kier molecular flexibility index (Phi) is 4.75. The third kappa shape index (κ3) is 3.84. The van der Waals surface area contributed by atoms with Crippen LogP contribution in [-0.2, 0) is 4.74 Å². The summed E-state index contributed by atoms with van der Waals surface area (Å²) in [4.78, 5) is 19.8. The van der Waals surface area contributed by atoms with Crippen molar-refractivity contribution in [3.8, 4) is 0 Å². The van der Waals surface area contributed by atoms with Gasteiger partial charge in [0, 0.05) is 11.4 Å². The Balaban J connectivity index is 1.79. The number of hydrogen-bond donors (Lipinski definition) is 3. The van der Waals surface area contributed by atoms with E-state index in [0.29, 0.717) is 22.9 Å². The molecule has 0 bridgehead atoms. The first-order valence-electron chi connectivity index (χ1n) is 7.55. The summed E-state index contributed by atoms with van der Waals surface area (Å²) < 4.78 is 4.68. The molecule has 0 radical (unpaired) electrons. The zero-order valence-electron chi connectivity index (χ0n) is 13.6. The van der Waals surface area contributed by atoms with Gasteiger partial charge in [0.2, 0.25) is 0 Å². The van der Waals surface area contributed by atoms with Crippen LogP contribution in [0.15, 0.2) is 60.9 Å². The van der Waals surface area contributed by atoms with Gasteiger partial charge in [-0.15, -0.1) is 0 Å². The van der Waals surface area contributed by atoms with E-state index < -0.39 is 0 Å². The first kappa shape index (κ1) is 16.3. The number of aromatic nitrogens is 2. The summed E-state index contributed by atoms with van der Waals surface area (Å²) in [6, 6.07) is 16.4. The number of carbonyl (C=O) groups is 1. The number of para-hydroxylation sites is 1. The number of carbonyl (C=O) groups excluding carboxylic acids is 1. The number of nitrogens with one attached hydrogen (secondary N) is 2. The maximum Gasteiger partial charge on any atom is 0.337 e. The van der Waals surface area contributed by atoms with Gasteiger partial charge in [-0.2, -0.15) is 0 Å². The normalized spacial score (nSPS) is 10.1. The van der Waals surface area contributed by atoms with Crippen LogP contribution < -0.4 is 16.4 Å². The van der Waals surface area contributed by atoms with Crippen molar-refractivity contribution in [1.29, 1.82) is 0 Å². The molecule has 126 valence electrons. The van der Waals surface area contributed by atoms with Crippen LogP contribution in [0.1, 0.15) is 10.4 Å². The molecule has 0 amide bonds. The molecule has 0 saturated heterocycles. The summed E-state index contributed by atoms with van der Waals surface area (Å²) in [5.41, 5.74) is 8.63. The first-order chi connectivity index (χ1) is 12.2. The molecule has 0 spiro atoms. The third-order valence-electron chi connectivity index (χ3n) is 3.49. The van der Waals surface area contributed by atoms with E-state index in [2.05, 4.69) is 25.3 Å². The lowest BCUT2D eigenvalue weighted by molar-refractivity contribution is 0.0601. The summed E-state index contributed by atoms with van der Waals surface area (Å²) in [6.45, 7) is 0. The number of methoxy groups -OCH3 is 1. The van der Waals surface area contributed by atoms with E-state index in [-0.39, 0.29) is 5.97 Å². The van der Waals surface area contributed by atoms with Crippen LogP contribution in [-0.4, -0.2) is 23.0 Å². The van der Waals surface area contributed by atoms with Gasteiger partial charge in [-0.3, -0.25) is 0 Å². The van der Waals surface area contributed by atoms with E-state index >= 15 is 0 Å². The molecular weight excluding hydrogens is 318 g/mol. The van der Waals surface area contributed by atoms with E-state index in [1.807, 2.05) is 30.3 Å². The predicted octanol–water partition coefficient (Wildman–Crippen LogP) is 3.33. The smallest absolute Gasteiger partial charge is 0.337 e. The fourth-order valence-electron chi connectivity index (χ4n) is 2.20. The summed E-state index contributed by atoms with van der Waals surface area (Å²) >= 11 is 0. The van der Waals surface area contributed by atoms with Gasteiger partial charge >= 0.3 is 5.97 Å². The van der Waals surface area contributed by atoms with Crippen molar-refractivity contribution in [3.63, 3.8) is 0 Å². The second kappa shape index (κ2) is 7.31. The molecule has 25 heavy (non-hydrogen) atoms. The Morgan fingerprint density at radius 2 is 1.48 bits per heavy atom. The van der Waals surface area contributed by atoms with Crippen molar-refractivity contribution in [2.75, 3.05) is 23.5 Å². The Morgan fingerprint density at radius 3 is 2.04 bits per heavy atom. The van der Waals surface area contributed by atoms with Gasteiger partial charge in [-0.05, 0) is 36.4 Å². The topological polar surface area (TPSA) is 102 Å². The third-order valence-corrected chi connectivity index (χ3v) is 3.49. The van der Waals surface area contributed by atoms with Crippen LogP contribution in [0.4, 0.5) is 28.7 Å². The molecular formula is C18H17N5O2. The highest BCUT2D eigenvalue weighted by atomic mass is 16.5. The largest absolute Gasteiger partial charge is 0.465 e. The molecule has 1 aromatic heterocycles. The molecule has 0 unspecified atom stereocenters. The molecule has 0 aliphatic carbocycles. The molecule has 0 aliphatic rings. The van der Waals surface area contributed by atoms with Gasteiger partial charge in [0.1, 0.15) is 12.0 Å². The van der Waals surface area contributed by atoms with E-state index in [1.165, 1.54) is 13.4 Å². The minimum absolute atomic E-state index is 0.387. The van der Waals surface area contributed by atoms with Crippen molar-refractivity contribution in [3.05, 3.63) is 66.5 Å². The molecule has 0 aliphatic heterocycles. The summed E-state index contributed by atoms with van der Waals surface area (Å²) in [5, 5.41) is 6.27. The highest BCUT2D eigenvalue weighted by Crippen LogP contribution is 2.28. The molecule has 2 aromatic carbocycles. The molecule has 7 nitrogen and oxygen atoms in total. The zero-order valence-corrected chi connectivity index (χ0v) is 13.6. The number of rotatable bonds is 5. The minimum Gasteiger partial charge on any atom is -0.465 e. The fourth-order valence-corrected chi connectivity index (χ4v) is 2.20. The van der Waals surface area contributed by atoms with E-state index in [1.54, 1.807) is 24.3 Å². The van der Waals surface area contributed by atoms with Crippen LogP contribution in [0.5, 0.6) is 0 Å².